The highest BCUT2D eigenvalue weighted by Gasteiger charge is 2.59. The maximum atomic E-state index is 14.7. The largest absolute Gasteiger partial charge is 0.573 e. The molecule has 2 atom stereocenters. The van der Waals surface area contributed by atoms with Crippen molar-refractivity contribution >= 4 is 29.6 Å². The maximum absolute atomic E-state index is 14.7. The summed E-state index contributed by atoms with van der Waals surface area (Å²) in [5.74, 6) is -4.00. The van der Waals surface area contributed by atoms with Gasteiger partial charge in [-0.25, -0.2) is 29.3 Å². The van der Waals surface area contributed by atoms with E-state index in [-0.39, 0.29) is 28.6 Å². The molecule has 3 aromatic carbocycles. The minimum absolute atomic E-state index is 0.0259. The average Bonchev–Trinajstić information content (AvgIpc) is 3.41. The zero-order valence-electron chi connectivity index (χ0n) is 27.5. The molecule has 3 heterocycles. The molecule has 264 valence electrons. The first-order valence-corrected chi connectivity index (χ1v) is 15.8. The number of alkyl halides is 3. The molecule has 1 N–H and O–H groups in total. The van der Waals surface area contributed by atoms with Crippen molar-refractivity contribution in [3.8, 4) is 17.2 Å². The van der Waals surface area contributed by atoms with Gasteiger partial charge in [0.25, 0.3) is 5.91 Å². The summed E-state index contributed by atoms with van der Waals surface area (Å²) in [5.41, 5.74) is -1.11. The smallest absolute Gasteiger partial charge is 0.422 e. The summed E-state index contributed by atoms with van der Waals surface area (Å²) in [6, 6.07) is 26.2. The zero-order valence-corrected chi connectivity index (χ0v) is 27.5. The molecule has 0 aliphatic carbocycles. The predicted molar refractivity (Wildman–Crippen MR) is 180 cm³/mol. The van der Waals surface area contributed by atoms with E-state index in [4.69, 9.17) is 9.47 Å². The molecule has 5 aromatic rings. The van der Waals surface area contributed by atoms with Crippen molar-refractivity contribution in [2.24, 2.45) is 0 Å². The molecule has 0 saturated carbocycles. The normalized spacial score (nSPS) is 16.8. The Bertz CT molecular complexity index is 2010. The second-order valence-corrected chi connectivity index (χ2v) is 11.8. The molecule has 1 aliphatic rings. The lowest BCUT2D eigenvalue weighted by Crippen LogP contribution is -2.55. The number of hydrogen-bond acceptors (Lipinski definition) is 9. The first kappa shape index (κ1) is 35.3. The lowest BCUT2D eigenvalue weighted by molar-refractivity contribution is -0.274. The summed E-state index contributed by atoms with van der Waals surface area (Å²) < 4.78 is 53.3. The molecule has 2 unspecified atom stereocenters. The number of benzene rings is 3. The van der Waals surface area contributed by atoms with Crippen LogP contribution in [0.4, 0.5) is 23.7 Å². The highest BCUT2D eigenvalue weighted by molar-refractivity contribution is 6.24. The summed E-state index contributed by atoms with van der Waals surface area (Å²) in [7, 11) is 0. The number of pyridine rings is 2. The van der Waals surface area contributed by atoms with E-state index < -0.39 is 53.4 Å². The SMILES string of the molecule is CC(c1ccnc(C(=O)Oc2ccccc2)c1)C1(C(C)c2ccnc(C(=O)Oc3ccccc3)c2)NC(=O)N(c2ccc(OC(F)(F)F)cc2)C1=O. The Kier molecular flexibility index (Phi) is 9.73. The molecule has 11 nitrogen and oxygen atoms in total. The number of urea groups is 1. The number of rotatable bonds is 10. The van der Waals surface area contributed by atoms with E-state index in [9.17, 15) is 32.3 Å². The van der Waals surface area contributed by atoms with Crippen LogP contribution < -0.4 is 24.4 Å². The van der Waals surface area contributed by atoms with Gasteiger partial charge < -0.3 is 19.5 Å². The highest BCUT2D eigenvalue weighted by atomic mass is 19.4. The average molecular weight is 711 g/mol. The molecular weight excluding hydrogens is 681 g/mol. The molecule has 1 fully saturated rings. The summed E-state index contributed by atoms with van der Waals surface area (Å²) in [6.07, 6.45) is -2.21. The molecule has 0 radical (unpaired) electrons. The third-order valence-corrected chi connectivity index (χ3v) is 8.66. The number of esters is 2. The van der Waals surface area contributed by atoms with Crippen LogP contribution in [0.3, 0.4) is 0 Å². The maximum Gasteiger partial charge on any atom is 0.573 e. The fourth-order valence-electron chi connectivity index (χ4n) is 6.03. The van der Waals surface area contributed by atoms with Gasteiger partial charge in [0, 0.05) is 24.2 Å². The van der Waals surface area contributed by atoms with Crippen molar-refractivity contribution in [3.63, 3.8) is 0 Å². The highest BCUT2D eigenvalue weighted by Crippen LogP contribution is 2.45. The van der Waals surface area contributed by atoms with E-state index in [1.807, 2.05) is 0 Å². The fourth-order valence-corrected chi connectivity index (χ4v) is 6.03. The minimum Gasteiger partial charge on any atom is -0.422 e. The van der Waals surface area contributed by atoms with E-state index in [0.29, 0.717) is 11.1 Å². The molecule has 3 amide bonds. The molecule has 1 aliphatic heterocycles. The minimum atomic E-state index is -4.95. The summed E-state index contributed by atoms with van der Waals surface area (Å²) in [6.45, 7) is 3.34. The van der Waals surface area contributed by atoms with Gasteiger partial charge in [0.2, 0.25) is 0 Å². The van der Waals surface area contributed by atoms with Gasteiger partial charge in [0.15, 0.2) is 0 Å². The number of para-hydroxylation sites is 2. The number of imide groups is 1. The second-order valence-electron chi connectivity index (χ2n) is 11.8. The standard InChI is InChI=1S/C38H29F3N4O7/c1-23(25-17-19-42-31(21-25)33(46)50-28-9-5-3-6-10-28)37(24(2)26-18-20-43-32(22-26)34(47)51-29-11-7-4-8-12-29)35(48)45(36(49)44-37)27-13-15-30(16-14-27)52-38(39,40)41/h3-24H,1-2H3,(H,44,49). The van der Waals surface area contributed by atoms with Crippen molar-refractivity contribution < 1.29 is 46.6 Å². The van der Waals surface area contributed by atoms with E-state index in [1.54, 1.807) is 86.6 Å². The van der Waals surface area contributed by atoms with Crippen molar-refractivity contribution in [1.82, 2.24) is 15.3 Å². The molecule has 0 bridgehead atoms. The van der Waals surface area contributed by atoms with Gasteiger partial charge in [0.1, 0.15) is 34.2 Å². The van der Waals surface area contributed by atoms with Crippen LogP contribution in [0.5, 0.6) is 17.2 Å². The van der Waals surface area contributed by atoms with Crippen molar-refractivity contribution in [1.29, 1.82) is 0 Å². The number of carbonyl (C=O) groups excluding carboxylic acids is 4. The Morgan fingerprint density at radius 2 is 1.15 bits per heavy atom. The Labute approximate surface area is 295 Å². The molecule has 52 heavy (non-hydrogen) atoms. The van der Waals surface area contributed by atoms with Crippen LogP contribution >= 0.6 is 0 Å². The third kappa shape index (κ3) is 7.31. The second kappa shape index (κ2) is 14.3. The van der Waals surface area contributed by atoms with Crippen LogP contribution in [0.25, 0.3) is 0 Å². The number of halogens is 3. The lowest BCUT2D eigenvalue weighted by atomic mass is 9.69. The lowest BCUT2D eigenvalue weighted by Gasteiger charge is -2.39. The van der Waals surface area contributed by atoms with Crippen molar-refractivity contribution in [2.75, 3.05) is 4.90 Å². The third-order valence-electron chi connectivity index (χ3n) is 8.66. The quantitative estimate of drug-likeness (QED) is 0.0905. The van der Waals surface area contributed by atoms with Crippen LogP contribution in [-0.2, 0) is 4.79 Å². The number of hydrogen-bond donors (Lipinski definition) is 1. The van der Waals surface area contributed by atoms with Gasteiger partial charge in [-0.05, 0) is 83.9 Å². The fraction of sp³-hybridized carbons (Fsp3) is 0.158. The zero-order chi connectivity index (χ0) is 37.0. The molecule has 1 saturated heterocycles. The van der Waals surface area contributed by atoms with Crippen LogP contribution in [-0.4, -0.2) is 45.7 Å². The number of aromatic nitrogens is 2. The van der Waals surface area contributed by atoms with Crippen LogP contribution in [0, 0.1) is 0 Å². The van der Waals surface area contributed by atoms with E-state index in [2.05, 4.69) is 20.0 Å². The van der Waals surface area contributed by atoms with Gasteiger partial charge in [-0.3, -0.25) is 4.79 Å². The molecule has 14 heteroatoms. The van der Waals surface area contributed by atoms with Gasteiger partial charge in [0.05, 0.1) is 5.69 Å². The first-order chi connectivity index (χ1) is 24.9. The number of carbonyl (C=O) groups is 4. The van der Waals surface area contributed by atoms with Gasteiger partial charge >= 0.3 is 24.3 Å². The Hall–Kier alpha value is -6.57. The molecule has 6 rings (SSSR count). The van der Waals surface area contributed by atoms with E-state index in [1.165, 1.54) is 24.5 Å². The van der Waals surface area contributed by atoms with Gasteiger partial charge in [-0.2, -0.15) is 0 Å². The van der Waals surface area contributed by atoms with E-state index in [0.717, 1.165) is 29.2 Å². The number of ether oxygens (including phenoxy) is 3. The summed E-state index contributed by atoms with van der Waals surface area (Å²) in [4.78, 5) is 63.8. The molecule has 0 spiro atoms. The Balaban J connectivity index is 1.38. The van der Waals surface area contributed by atoms with Crippen molar-refractivity contribution in [2.45, 2.75) is 37.6 Å². The predicted octanol–water partition coefficient (Wildman–Crippen LogP) is 7.22. The van der Waals surface area contributed by atoms with Gasteiger partial charge in [-0.15, -0.1) is 13.2 Å². The number of anilines is 1. The Morgan fingerprint density at radius 3 is 1.60 bits per heavy atom. The summed E-state index contributed by atoms with van der Waals surface area (Å²) >= 11 is 0. The van der Waals surface area contributed by atoms with Crippen LogP contribution in [0.2, 0.25) is 0 Å². The first-order valence-electron chi connectivity index (χ1n) is 15.8. The Morgan fingerprint density at radius 1 is 0.692 bits per heavy atom. The van der Waals surface area contributed by atoms with Crippen LogP contribution in [0.15, 0.2) is 122 Å². The number of nitrogens with zero attached hydrogens (tertiary/aromatic N) is 3. The monoisotopic (exact) mass is 710 g/mol. The number of amides is 3. The number of nitrogens with one attached hydrogen (secondary N) is 1. The van der Waals surface area contributed by atoms with Gasteiger partial charge in [-0.1, -0.05) is 50.2 Å². The van der Waals surface area contributed by atoms with Crippen molar-refractivity contribution in [3.05, 3.63) is 144 Å². The topological polar surface area (TPSA) is 137 Å². The van der Waals surface area contributed by atoms with Crippen LogP contribution in [0.1, 0.15) is 57.8 Å². The van der Waals surface area contributed by atoms with E-state index >= 15 is 0 Å². The summed E-state index contributed by atoms with van der Waals surface area (Å²) in [5, 5.41) is 2.85. The molecular formula is C38H29F3N4O7. The molecule has 2 aromatic heterocycles.